The van der Waals surface area contributed by atoms with Crippen LogP contribution in [0.25, 0.3) is 0 Å². The molecule has 6 nitrogen and oxygen atoms in total. The van der Waals surface area contributed by atoms with Crippen LogP contribution in [-0.2, 0) is 23.1 Å². The summed E-state index contributed by atoms with van der Waals surface area (Å²) in [5.74, 6) is -0.281. The number of esters is 1. The van der Waals surface area contributed by atoms with E-state index in [-0.39, 0.29) is 48.7 Å². The molecular weight excluding hydrogens is 378 g/mol. The van der Waals surface area contributed by atoms with Crippen molar-refractivity contribution in [3.63, 3.8) is 0 Å². The van der Waals surface area contributed by atoms with E-state index >= 15 is 0 Å². The van der Waals surface area contributed by atoms with Gasteiger partial charge in [0.2, 0.25) is 0 Å². The Morgan fingerprint density at radius 2 is 1.44 bits per heavy atom. The van der Waals surface area contributed by atoms with E-state index < -0.39 is 13.9 Å². The normalized spacial score (nSPS) is 21.8. The van der Waals surface area contributed by atoms with Crippen molar-refractivity contribution in [1.29, 1.82) is 0 Å². The SMILES string of the molecule is CCCCCCCCCCCCCCCC(=O)OCC1COP(=O)(O)O1.[Na]. The van der Waals surface area contributed by atoms with E-state index in [0.29, 0.717) is 6.42 Å². The van der Waals surface area contributed by atoms with E-state index in [2.05, 4.69) is 11.4 Å². The molecule has 0 aromatic rings. The Morgan fingerprint density at radius 1 is 0.963 bits per heavy atom. The number of carbonyl (C=O) groups excluding carboxylic acids is 1. The van der Waals surface area contributed by atoms with Crippen molar-refractivity contribution in [3.8, 4) is 0 Å². The van der Waals surface area contributed by atoms with Gasteiger partial charge in [0.25, 0.3) is 0 Å². The van der Waals surface area contributed by atoms with Gasteiger partial charge in [0.05, 0.1) is 6.61 Å². The number of rotatable bonds is 16. The van der Waals surface area contributed by atoms with Crippen molar-refractivity contribution in [3.05, 3.63) is 0 Å². The van der Waals surface area contributed by atoms with Crippen molar-refractivity contribution in [2.45, 2.75) is 103 Å². The largest absolute Gasteiger partial charge is 0.472 e. The quantitative estimate of drug-likeness (QED) is 0.163. The molecule has 2 unspecified atom stereocenters. The first-order valence-corrected chi connectivity index (χ1v) is 11.8. The Hall–Kier alpha value is 0.580. The summed E-state index contributed by atoms with van der Waals surface area (Å²) in [6.45, 7) is 2.21. The molecule has 0 bridgehead atoms. The molecule has 2 atom stereocenters. The summed E-state index contributed by atoms with van der Waals surface area (Å²) in [6.07, 6.45) is 16.2. The second-order valence-corrected chi connectivity index (χ2v) is 8.57. The number of unbranched alkanes of at least 4 members (excludes halogenated alkanes) is 12. The van der Waals surface area contributed by atoms with Gasteiger partial charge >= 0.3 is 13.8 Å². The van der Waals surface area contributed by atoms with Crippen LogP contribution in [-0.4, -0.2) is 59.7 Å². The smallest absolute Gasteiger partial charge is 0.463 e. The van der Waals surface area contributed by atoms with E-state index in [4.69, 9.17) is 14.2 Å². The molecule has 0 spiro atoms. The van der Waals surface area contributed by atoms with Crippen LogP contribution in [0.1, 0.15) is 96.8 Å². The fourth-order valence-electron chi connectivity index (χ4n) is 3.05. The number of phosphoric acid groups is 1. The average molecular weight is 415 g/mol. The molecule has 1 saturated heterocycles. The molecule has 1 aliphatic rings. The van der Waals surface area contributed by atoms with Crippen molar-refractivity contribution in [1.82, 2.24) is 0 Å². The first kappa shape index (κ1) is 27.6. The van der Waals surface area contributed by atoms with Crippen LogP contribution in [0, 0.1) is 0 Å². The number of phosphoric ester groups is 1. The second-order valence-electron chi connectivity index (χ2n) is 7.17. The van der Waals surface area contributed by atoms with E-state index in [9.17, 15) is 9.36 Å². The van der Waals surface area contributed by atoms with Crippen molar-refractivity contribution < 1.29 is 28.0 Å². The van der Waals surface area contributed by atoms with Gasteiger partial charge in [0.15, 0.2) is 0 Å². The number of hydrogen-bond donors (Lipinski definition) is 1. The minimum atomic E-state index is -3.90. The van der Waals surface area contributed by atoms with Gasteiger partial charge in [-0.1, -0.05) is 84.0 Å². The van der Waals surface area contributed by atoms with Gasteiger partial charge in [0, 0.05) is 36.0 Å². The molecule has 0 aromatic heterocycles. The van der Waals surface area contributed by atoms with Crippen LogP contribution in [0.5, 0.6) is 0 Å². The summed E-state index contributed by atoms with van der Waals surface area (Å²) in [5, 5.41) is 0. The van der Waals surface area contributed by atoms with Crippen LogP contribution in [0.4, 0.5) is 0 Å². The Balaban J connectivity index is 0.00000676. The zero-order valence-electron chi connectivity index (χ0n) is 17.3. The molecule has 1 rings (SSSR count). The summed E-state index contributed by atoms with van der Waals surface area (Å²) in [5.41, 5.74) is 0. The maximum Gasteiger partial charge on any atom is 0.472 e. The summed E-state index contributed by atoms with van der Waals surface area (Å²) >= 11 is 0. The summed E-state index contributed by atoms with van der Waals surface area (Å²) < 4.78 is 25.4. The number of ether oxygens (including phenoxy) is 1. The van der Waals surface area contributed by atoms with Gasteiger partial charge in [0.1, 0.15) is 12.7 Å². The van der Waals surface area contributed by atoms with Gasteiger partial charge in [-0.3, -0.25) is 13.8 Å². The molecule has 1 fully saturated rings. The first-order chi connectivity index (χ1) is 12.5. The monoisotopic (exact) mass is 415 g/mol. The summed E-state index contributed by atoms with van der Waals surface area (Å²) in [6, 6.07) is 0. The van der Waals surface area contributed by atoms with E-state index in [1.54, 1.807) is 0 Å². The van der Waals surface area contributed by atoms with Gasteiger partial charge < -0.3 is 9.63 Å². The Bertz CT molecular complexity index is 421. The minimum Gasteiger partial charge on any atom is -0.463 e. The van der Waals surface area contributed by atoms with Gasteiger partial charge in [-0.25, -0.2) is 4.57 Å². The minimum absolute atomic E-state index is 0. The third kappa shape index (κ3) is 16.1. The topological polar surface area (TPSA) is 82.1 Å². The van der Waals surface area contributed by atoms with E-state index in [0.717, 1.165) is 19.3 Å². The van der Waals surface area contributed by atoms with Crippen LogP contribution >= 0.6 is 7.82 Å². The van der Waals surface area contributed by atoms with Crippen LogP contribution in [0.15, 0.2) is 0 Å². The van der Waals surface area contributed by atoms with Gasteiger partial charge in [-0.05, 0) is 6.42 Å². The molecule has 8 heteroatoms. The predicted molar refractivity (Wildman–Crippen MR) is 108 cm³/mol. The molecule has 0 saturated carbocycles. The van der Waals surface area contributed by atoms with Crippen LogP contribution in [0.2, 0.25) is 0 Å². The molecule has 0 aliphatic carbocycles. The third-order valence-electron chi connectivity index (χ3n) is 4.62. The van der Waals surface area contributed by atoms with Gasteiger partial charge in [-0.15, -0.1) is 0 Å². The maximum atomic E-state index is 11.6. The summed E-state index contributed by atoms with van der Waals surface area (Å²) in [4.78, 5) is 20.6. The first-order valence-electron chi connectivity index (χ1n) is 10.3. The Kier molecular flexibility index (Phi) is 17.8. The van der Waals surface area contributed by atoms with Crippen molar-refractivity contribution >= 4 is 43.3 Å². The molecule has 1 aliphatic heterocycles. The van der Waals surface area contributed by atoms with Crippen molar-refractivity contribution in [2.24, 2.45) is 0 Å². The third-order valence-corrected chi connectivity index (χ3v) is 5.66. The van der Waals surface area contributed by atoms with E-state index in [1.165, 1.54) is 64.2 Å². The zero-order valence-corrected chi connectivity index (χ0v) is 20.2. The zero-order chi connectivity index (χ0) is 19.1. The Labute approximate surface area is 187 Å². The second kappa shape index (κ2) is 17.4. The van der Waals surface area contributed by atoms with Crippen molar-refractivity contribution in [2.75, 3.05) is 13.2 Å². The van der Waals surface area contributed by atoms with Crippen LogP contribution < -0.4 is 0 Å². The Morgan fingerprint density at radius 3 is 1.89 bits per heavy atom. The molecule has 27 heavy (non-hydrogen) atoms. The molecule has 0 aromatic carbocycles. The fraction of sp³-hybridized carbons (Fsp3) is 0.947. The predicted octanol–water partition coefficient (Wildman–Crippen LogP) is 5.15. The molecule has 1 heterocycles. The summed E-state index contributed by atoms with van der Waals surface area (Å²) in [7, 11) is -3.90. The molecule has 0 amide bonds. The van der Waals surface area contributed by atoms with Crippen LogP contribution in [0.3, 0.4) is 0 Å². The molecular formula is C19H37NaO6P. The van der Waals surface area contributed by atoms with Gasteiger partial charge in [-0.2, -0.15) is 0 Å². The maximum absolute atomic E-state index is 11.6. The van der Waals surface area contributed by atoms with E-state index in [1.807, 2.05) is 0 Å². The average Bonchev–Trinajstić information content (AvgIpc) is 2.96. The molecule has 155 valence electrons. The molecule has 1 N–H and O–H groups in total. The molecule has 1 radical (unpaired) electrons. The fourth-order valence-corrected chi connectivity index (χ4v) is 3.96. The standard InChI is InChI=1S/C19H37O6P.Na/c1-2-3-4-5-6-7-8-9-10-11-12-13-14-15-19(20)23-16-18-17-24-26(21,22)25-18;/h18H,2-17H2,1H3,(H,21,22);. The number of carbonyl (C=O) groups is 1. The number of hydrogen-bond acceptors (Lipinski definition) is 5.